The molecule has 0 radical (unpaired) electrons. The summed E-state index contributed by atoms with van der Waals surface area (Å²) >= 11 is 6.23. The van der Waals surface area contributed by atoms with Gasteiger partial charge in [-0.15, -0.1) is 0 Å². The monoisotopic (exact) mass is 386 g/mol. The second kappa shape index (κ2) is 7.08. The Morgan fingerprint density at radius 2 is 2.22 bits per heavy atom. The van der Waals surface area contributed by atoms with Gasteiger partial charge < -0.3 is 20.3 Å². The maximum atomic E-state index is 12.8. The number of fused-ring (bicyclic) bond motifs is 1. The van der Waals surface area contributed by atoms with Crippen LogP contribution in [0.15, 0.2) is 36.5 Å². The summed E-state index contributed by atoms with van der Waals surface area (Å²) in [4.78, 5) is 30.4. The third kappa shape index (κ3) is 3.68. The van der Waals surface area contributed by atoms with E-state index in [-0.39, 0.29) is 24.6 Å². The third-order valence-corrected chi connectivity index (χ3v) is 4.99. The van der Waals surface area contributed by atoms with Gasteiger partial charge in [-0.2, -0.15) is 0 Å². The van der Waals surface area contributed by atoms with Gasteiger partial charge >= 0.3 is 6.03 Å². The fourth-order valence-corrected chi connectivity index (χ4v) is 3.56. The Morgan fingerprint density at radius 1 is 1.41 bits per heavy atom. The second-order valence-electron chi connectivity index (χ2n) is 6.75. The van der Waals surface area contributed by atoms with Gasteiger partial charge in [-0.05, 0) is 43.0 Å². The maximum Gasteiger partial charge on any atom is 0.322 e. The predicted molar refractivity (Wildman–Crippen MR) is 102 cm³/mol. The Hall–Kier alpha value is -2.80. The van der Waals surface area contributed by atoms with Gasteiger partial charge in [0, 0.05) is 18.9 Å². The van der Waals surface area contributed by atoms with Crippen molar-refractivity contribution in [2.45, 2.75) is 18.9 Å². The number of benzene rings is 1. The molecule has 4 rings (SSSR count). The van der Waals surface area contributed by atoms with Crippen molar-refractivity contribution in [2.75, 3.05) is 24.3 Å². The maximum absolute atomic E-state index is 12.8. The number of carbonyl (C=O) groups is 2. The molecule has 2 aliphatic rings. The number of halogens is 1. The molecule has 1 aliphatic heterocycles. The Balaban J connectivity index is 1.54. The van der Waals surface area contributed by atoms with Crippen LogP contribution >= 0.6 is 11.6 Å². The second-order valence-corrected chi connectivity index (χ2v) is 7.16. The lowest BCUT2D eigenvalue weighted by molar-refractivity contribution is -0.118. The molecule has 3 amide bonds. The number of nitrogens with zero attached hydrogens (tertiary/aromatic N) is 2. The molecule has 2 aromatic rings. The molecule has 7 nitrogen and oxygen atoms in total. The topological polar surface area (TPSA) is 83.6 Å². The Morgan fingerprint density at radius 3 is 2.93 bits per heavy atom. The molecule has 1 aliphatic carbocycles. The van der Waals surface area contributed by atoms with Crippen LogP contribution in [-0.4, -0.2) is 35.5 Å². The van der Waals surface area contributed by atoms with E-state index in [0.717, 1.165) is 18.5 Å². The van der Waals surface area contributed by atoms with Crippen LogP contribution in [0.4, 0.5) is 16.2 Å². The molecular formula is C19H19ClN4O3. The molecule has 1 fully saturated rings. The third-order valence-electron chi connectivity index (χ3n) is 4.71. The number of hydrogen-bond donors (Lipinski definition) is 2. The van der Waals surface area contributed by atoms with Crippen LogP contribution in [-0.2, 0) is 4.79 Å². The van der Waals surface area contributed by atoms with Gasteiger partial charge in [0.1, 0.15) is 0 Å². The molecule has 0 saturated heterocycles. The first kappa shape index (κ1) is 17.6. The van der Waals surface area contributed by atoms with E-state index in [1.165, 1.54) is 0 Å². The predicted octanol–water partition coefficient (Wildman–Crippen LogP) is 3.68. The number of pyridine rings is 1. The lowest BCUT2D eigenvalue weighted by atomic mass is 10.1. The zero-order valence-corrected chi connectivity index (χ0v) is 15.5. The zero-order chi connectivity index (χ0) is 19.0. The average Bonchev–Trinajstić information content (AvgIpc) is 3.47. The van der Waals surface area contributed by atoms with Crippen molar-refractivity contribution < 1.29 is 14.3 Å². The Labute approximate surface area is 161 Å². The van der Waals surface area contributed by atoms with Crippen molar-refractivity contribution in [2.24, 2.45) is 5.92 Å². The summed E-state index contributed by atoms with van der Waals surface area (Å²) in [7, 11) is 1.76. The van der Waals surface area contributed by atoms with E-state index in [4.69, 9.17) is 16.3 Å². The van der Waals surface area contributed by atoms with Crippen molar-refractivity contribution in [1.82, 2.24) is 9.88 Å². The Kier molecular flexibility index (Phi) is 4.61. The molecule has 0 bridgehead atoms. The summed E-state index contributed by atoms with van der Waals surface area (Å²) in [6.45, 7) is -0.0751. The van der Waals surface area contributed by atoms with Gasteiger partial charge in [-0.25, -0.2) is 4.79 Å². The van der Waals surface area contributed by atoms with E-state index in [1.54, 1.807) is 30.3 Å². The molecule has 1 aromatic carbocycles. The highest BCUT2D eigenvalue weighted by Gasteiger charge is 2.37. The highest BCUT2D eigenvalue weighted by molar-refractivity contribution is 6.33. The number of anilines is 2. The molecule has 2 heterocycles. The average molecular weight is 387 g/mol. The minimum Gasteiger partial charge on any atom is -0.480 e. The summed E-state index contributed by atoms with van der Waals surface area (Å²) in [6, 6.07) is 8.62. The van der Waals surface area contributed by atoms with Crippen molar-refractivity contribution in [1.29, 1.82) is 0 Å². The standard InChI is InChI=1S/C19H19ClN4O3/c1-24(17(11-5-6-11)14-4-2-3-7-21-14)19(26)22-12-8-13(20)18-15(9-12)23-16(25)10-27-18/h2-4,7-9,11,17H,5-6,10H2,1H3,(H,22,26)(H,23,25). The van der Waals surface area contributed by atoms with Gasteiger partial charge in [-0.3, -0.25) is 9.78 Å². The molecule has 1 unspecified atom stereocenters. The number of nitrogens with one attached hydrogen (secondary N) is 2. The van der Waals surface area contributed by atoms with Crippen LogP contribution in [0, 0.1) is 5.92 Å². The summed E-state index contributed by atoms with van der Waals surface area (Å²) in [5.74, 6) is 0.561. The SMILES string of the molecule is CN(C(=O)Nc1cc(Cl)c2c(c1)NC(=O)CO2)C(c1ccccn1)C1CC1. The molecule has 1 atom stereocenters. The van der Waals surface area contributed by atoms with E-state index >= 15 is 0 Å². The number of ether oxygens (including phenoxy) is 1. The van der Waals surface area contributed by atoms with Gasteiger partial charge in [0.2, 0.25) is 0 Å². The highest BCUT2D eigenvalue weighted by atomic mass is 35.5. The van der Waals surface area contributed by atoms with E-state index in [1.807, 2.05) is 18.2 Å². The molecule has 1 aromatic heterocycles. The van der Waals surface area contributed by atoms with Crippen LogP contribution in [0.2, 0.25) is 5.02 Å². The minimum atomic E-state index is -0.267. The fourth-order valence-electron chi connectivity index (χ4n) is 3.29. The smallest absolute Gasteiger partial charge is 0.322 e. The molecule has 8 heteroatoms. The quantitative estimate of drug-likeness (QED) is 0.839. The van der Waals surface area contributed by atoms with E-state index in [2.05, 4.69) is 15.6 Å². The first-order chi connectivity index (χ1) is 13.0. The number of aromatic nitrogens is 1. The lowest BCUT2D eigenvalue weighted by Gasteiger charge is -2.28. The summed E-state index contributed by atoms with van der Waals surface area (Å²) in [5.41, 5.74) is 1.80. The van der Waals surface area contributed by atoms with Gasteiger partial charge in [-0.1, -0.05) is 17.7 Å². The summed E-state index contributed by atoms with van der Waals surface area (Å²) in [6.07, 6.45) is 3.89. The van der Waals surface area contributed by atoms with Gasteiger partial charge in [0.25, 0.3) is 5.91 Å². The van der Waals surface area contributed by atoms with E-state index in [9.17, 15) is 9.59 Å². The first-order valence-electron chi connectivity index (χ1n) is 8.74. The van der Waals surface area contributed by atoms with Crippen LogP contribution in [0.1, 0.15) is 24.6 Å². The van der Waals surface area contributed by atoms with Crippen molar-refractivity contribution in [3.05, 3.63) is 47.2 Å². The van der Waals surface area contributed by atoms with Gasteiger partial charge in [0.05, 0.1) is 22.4 Å². The van der Waals surface area contributed by atoms with Crippen LogP contribution in [0.3, 0.4) is 0 Å². The normalized spacial score (nSPS) is 16.6. The molecule has 0 spiro atoms. The Bertz CT molecular complexity index is 886. The van der Waals surface area contributed by atoms with E-state index in [0.29, 0.717) is 28.1 Å². The molecule has 2 N–H and O–H groups in total. The fraction of sp³-hybridized carbons (Fsp3) is 0.316. The largest absolute Gasteiger partial charge is 0.480 e. The van der Waals surface area contributed by atoms with E-state index < -0.39 is 0 Å². The van der Waals surface area contributed by atoms with Crippen LogP contribution in [0.5, 0.6) is 5.75 Å². The number of rotatable bonds is 4. The lowest BCUT2D eigenvalue weighted by Crippen LogP contribution is -2.36. The molecule has 1 saturated carbocycles. The molecule has 140 valence electrons. The zero-order valence-electron chi connectivity index (χ0n) is 14.7. The van der Waals surface area contributed by atoms with Crippen molar-refractivity contribution in [3.8, 4) is 5.75 Å². The number of urea groups is 1. The minimum absolute atomic E-state index is 0.0751. The molecule has 27 heavy (non-hydrogen) atoms. The number of hydrogen-bond acceptors (Lipinski definition) is 4. The number of amides is 3. The highest BCUT2D eigenvalue weighted by Crippen LogP contribution is 2.44. The summed E-state index contributed by atoms with van der Waals surface area (Å²) < 4.78 is 5.33. The number of carbonyl (C=O) groups excluding carboxylic acids is 2. The van der Waals surface area contributed by atoms with Crippen molar-refractivity contribution >= 4 is 34.9 Å². The van der Waals surface area contributed by atoms with Crippen molar-refractivity contribution in [3.63, 3.8) is 0 Å². The molecular weight excluding hydrogens is 368 g/mol. The van der Waals surface area contributed by atoms with Crippen LogP contribution in [0.25, 0.3) is 0 Å². The first-order valence-corrected chi connectivity index (χ1v) is 9.11. The summed E-state index contributed by atoms with van der Waals surface area (Å²) in [5, 5.41) is 5.87. The van der Waals surface area contributed by atoms with Crippen LogP contribution < -0.4 is 15.4 Å². The van der Waals surface area contributed by atoms with Gasteiger partial charge in [0.15, 0.2) is 12.4 Å².